The summed E-state index contributed by atoms with van der Waals surface area (Å²) in [5, 5.41) is 11.1. The molecule has 0 spiro atoms. The number of hydrogen-bond donors (Lipinski definition) is 1. The van der Waals surface area contributed by atoms with Crippen LogP contribution in [0.2, 0.25) is 0 Å². The Morgan fingerprint density at radius 3 is 2.65 bits per heavy atom. The van der Waals surface area contributed by atoms with Crippen molar-refractivity contribution in [1.29, 1.82) is 0 Å². The van der Waals surface area contributed by atoms with E-state index in [0.29, 0.717) is 24.3 Å². The Hall–Kier alpha value is -1.67. The highest BCUT2D eigenvalue weighted by Gasteiger charge is 2.37. The second-order valence-electron chi connectivity index (χ2n) is 5.83. The Morgan fingerprint density at radius 1 is 1.15 bits per heavy atom. The first-order valence-corrected chi connectivity index (χ1v) is 7.15. The van der Waals surface area contributed by atoms with E-state index >= 15 is 0 Å². The van der Waals surface area contributed by atoms with Crippen molar-refractivity contribution in [3.05, 3.63) is 71.0 Å². The summed E-state index contributed by atoms with van der Waals surface area (Å²) in [7, 11) is 0. The number of aliphatic hydroxyl groups is 1. The first-order chi connectivity index (χ1) is 9.60. The van der Waals surface area contributed by atoms with Crippen LogP contribution in [-0.2, 0) is 12.0 Å². The lowest BCUT2D eigenvalue weighted by atomic mass is 9.72. The average molecular weight is 270 g/mol. The van der Waals surface area contributed by atoms with E-state index in [4.69, 9.17) is 0 Å². The highest BCUT2D eigenvalue weighted by Crippen LogP contribution is 2.43. The molecule has 0 saturated heterocycles. The van der Waals surface area contributed by atoms with E-state index in [1.807, 2.05) is 24.3 Å². The monoisotopic (exact) mass is 270 g/mol. The van der Waals surface area contributed by atoms with Crippen molar-refractivity contribution in [3.63, 3.8) is 0 Å². The quantitative estimate of drug-likeness (QED) is 0.869. The van der Waals surface area contributed by atoms with E-state index in [9.17, 15) is 9.50 Å². The molecule has 2 heteroatoms. The summed E-state index contributed by atoms with van der Waals surface area (Å²) < 4.78 is 13.9. The van der Waals surface area contributed by atoms with Crippen LogP contribution in [0.3, 0.4) is 0 Å². The highest BCUT2D eigenvalue weighted by atomic mass is 19.1. The topological polar surface area (TPSA) is 20.2 Å². The first-order valence-electron chi connectivity index (χ1n) is 7.15. The molecule has 0 aliphatic heterocycles. The van der Waals surface area contributed by atoms with Gasteiger partial charge in [-0.1, -0.05) is 49.4 Å². The zero-order valence-corrected chi connectivity index (χ0v) is 11.6. The van der Waals surface area contributed by atoms with Gasteiger partial charge in [-0.3, -0.25) is 0 Å². The Balaban J connectivity index is 2.01. The Morgan fingerprint density at radius 2 is 1.85 bits per heavy atom. The average Bonchev–Trinajstić information content (AvgIpc) is 2.46. The summed E-state index contributed by atoms with van der Waals surface area (Å²) >= 11 is 0. The minimum absolute atomic E-state index is 0.239. The summed E-state index contributed by atoms with van der Waals surface area (Å²) in [4.78, 5) is 0. The van der Waals surface area contributed by atoms with Crippen molar-refractivity contribution in [2.75, 3.05) is 0 Å². The zero-order chi connectivity index (χ0) is 14.2. The minimum Gasteiger partial charge on any atom is -0.385 e. The van der Waals surface area contributed by atoms with E-state index in [0.717, 1.165) is 12.0 Å². The Labute approximate surface area is 119 Å². The molecule has 2 aromatic rings. The smallest absolute Gasteiger partial charge is 0.126 e. The number of rotatable bonds is 2. The third-order valence-corrected chi connectivity index (χ3v) is 4.42. The highest BCUT2D eigenvalue weighted by molar-refractivity contribution is 5.38. The van der Waals surface area contributed by atoms with Gasteiger partial charge in [0.25, 0.3) is 0 Å². The van der Waals surface area contributed by atoms with Gasteiger partial charge in [-0.2, -0.15) is 0 Å². The van der Waals surface area contributed by atoms with E-state index in [1.54, 1.807) is 12.1 Å². The summed E-state index contributed by atoms with van der Waals surface area (Å²) in [6.45, 7) is 2.18. The fraction of sp³-hybridized carbons (Fsp3) is 0.333. The maximum absolute atomic E-state index is 13.9. The largest absolute Gasteiger partial charge is 0.385 e. The minimum atomic E-state index is -0.953. The SMILES string of the molecule is CC1CCC(O)(Cc2ccccc2F)c2ccccc21. The normalized spacial score (nSPS) is 25.2. The van der Waals surface area contributed by atoms with E-state index in [1.165, 1.54) is 11.6 Å². The van der Waals surface area contributed by atoms with Crippen molar-refractivity contribution in [3.8, 4) is 0 Å². The molecule has 0 heterocycles. The maximum Gasteiger partial charge on any atom is 0.126 e. The van der Waals surface area contributed by atoms with Crippen LogP contribution in [0.1, 0.15) is 42.4 Å². The molecule has 0 radical (unpaired) electrons. The lowest BCUT2D eigenvalue weighted by molar-refractivity contribution is 0.0151. The van der Waals surface area contributed by atoms with Crippen molar-refractivity contribution in [2.24, 2.45) is 0 Å². The van der Waals surface area contributed by atoms with Gasteiger partial charge in [0.1, 0.15) is 5.82 Å². The Kier molecular flexibility index (Phi) is 3.35. The molecule has 3 rings (SSSR count). The predicted octanol–water partition coefficient (Wildman–Crippen LogP) is 4.15. The molecule has 1 aliphatic rings. The zero-order valence-electron chi connectivity index (χ0n) is 11.6. The fourth-order valence-electron chi connectivity index (χ4n) is 3.24. The van der Waals surface area contributed by atoms with E-state index in [-0.39, 0.29) is 5.82 Å². The van der Waals surface area contributed by atoms with Gasteiger partial charge in [0, 0.05) is 6.42 Å². The van der Waals surface area contributed by atoms with Crippen LogP contribution >= 0.6 is 0 Å². The molecule has 0 bridgehead atoms. The number of halogens is 1. The molecule has 0 saturated carbocycles. The van der Waals surface area contributed by atoms with Crippen LogP contribution in [0, 0.1) is 5.82 Å². The standard InChI is InChI=1S/C18H19FO/c1-13-10-11-18(20,16-8-4-3-7-15(13)16)12-14-6-2-5-9-17(14)19/h2-9,13,20H,10-12H2,1H3. The summed E-state index contributed by atoms with van der Waals surface area (Å²) in [6.07, 6.45) is 1.95. The van der Waals surface area contributed by atoms with Crippen LogP contribution in [0.5, 0.6) is 0 Å². The molecular weight excluding hydrogens is 251 g/mol. The number of fused-ring (bicyclic) bond motifs is 1. The summed E-state index contributed by atoms with van der Waals surface area (Å²) in [5.41, 5.74) is 1.78. The van der Waals surface area contributed by atoms with Crippen molar-refractivity contribution in [1.82, 2.24) is 0 Å². The van der Waals surface area contributed by atoms with Gasteiger partial charge < -0.3 is 5.11 Å². The van der Waals surface area contributed by atoms with Crippen LogP contribution in [-0.4, -0.2) is 5.11 Å². The first kappa shape index (κ1) is 13.3. The molecule has 2 atom stereocenters. The van der Waals surface area contributed by atoms with Crippen molar-refractivity contribution in [2.45, 2.75) is 37.7 Å². The van der Waals surface area contributed by atoms with Crippen LogP contribution in [0.4, 0.5) is 4.39 Å². The second kappa shape index (κ2) is 5.02. The molecule has 0 amide bonds. The summed E-state index contributed by atoms with van der Waals surface area (Å²) in [5.74, 6) is 0.212. The summed E-state index contributed by atoms with van der Waals surface area (Å²) in [6, 6.07) is 14.7. The molecule has 0 aromatic heterocycles. The molecule has 2 unspecified atom stereocenters. The van der Waals surface area contributed by atoms with E-state index < -0.39 is 5.60 Å². The molecule has 1 aliphatic carbocycles. The van der Waals surface area contributed by atoms with Gasteiger partial charge in [0.15, 0.2) is 0 Å². The molecule has 1 nitrogen and oxygen atoms in total. The van der Waals surface area contributed by atoms with Gasteiger partial charge in [-0.15, -0.1) is 0 Å². The molecule has 1 N–H and O–H groups in total. The van der Waals surface area contributed by atoms with Gasteiger partial charge in [-0.05, 0) is 41.5 Å². The number of hydrogen-bond acceptors (Lipinski definition) is 1. The van der Waals surface area contributed by atoms with Crippen LogP contribution < -0.4 is 0 Å². The third-order valence-electron chi connectivity index (χ3n) is 4.42. The third kappa shape index (κ3) is 2.25. The molecule has 2 aromatic carbocycles. The fourth-order valence-corrected chi connectivity index (χ4v) is 3.24. The van der Waals surface area contributed by atoms with Crippen LogP contribution in [0.15, 0.2) is 48.5 Å². The van der Waals surface area contributed by atoms with Gasteiger partial charge in [-0.25, -0.2) is 4.39 Å². The number of benzene rings is 2. The lowest BCUT2D eigenvalue weighted by Gasteiger charge is -2.37. The van der Waals surface area contributed by atoms with Gasteiger partial charge >= 0.3 is 0 Å². The Bertz CT molecular complexity index is 622. The van der Waals surface area contributed by atoms with Crippen LogP contribution in [0.25, 0.3) is 0 Å². The molecule has 104 valence electrons. The second-order valence-corrected chi connectivity index (χ2v) is 5.83. The van der Waals surface area contributed by atoms with Gasteiger partial charge in [0.05, 0.1) is 5.60 Å². The molecule has 20 heavy (non-hydrogen) atoms. The molecular formula is C18H19FO. The lowest BCUT2D eigenvalue weighted by Crippen LogP contribution is -2.34. The van der Waals surface area contributed by atoms with Crippen molar-refractivity contribution >= 4 is 0 Å². The molecule has 0 fully saturated rings. The van der Waals surface area contributed by atoms with Crippen molar-refractivity contribution < 1.29 is 9.50 Å². The van der Waals surface area contributed by atoms with Gasteiger partial charge in [0.2, 0.25) is 0 Å². The van der Waals surface area contributed by atoms with E-state index in [2.05, 4.69) is 13.0 Å². The maximum atomic E-state index is 13.9. The predicted molar refractivity (Wildman–Crippen MR) is 78.1 cm³/mol.